The van der Waals surface area contributed by atoms with Gasteiger partial charge in [0.25, 0.3) is 0 Å². The Morgan fingerprint density at radius 2 is 1.00 bits per heavy atom. The molecule has 62 heavy (non-hydrogen) atoms. The van der Waals surface area contributed by atoms with Gasteiger partial charge in [0.15, 0.2) is 6.10 Å². The van der Waals surface area contributed by atoms with Crippen molar-refractivity contribution < 1.29 is 66.7 Å². The highest BCUT2D eigenvalue weighted by molar-refractivity contribution is 7.47. The second kappa shape index (κ2) is 40.8. The molecule has 0 rings (SSSR count). The molecule has 0 amide bonds. The number of hydrogen-bond acceptors (Lipinski definition) is 11. The van der Waals surface area contributed by atoms with Crippen molar-refractivity contribution in [2.75, 3.05) is 26.4 Å². The average molecular weight is 915 g/mol. The Hall–Kier alpha value is -3.00. The number of ether oxygens (including phenoxy) is 2. The number of esters is 2. The van der Waals surface area contributed by atoms with Gasteiger partial charge in [-0.15, -0.1) is 0 Å². The van der Waals surface area contributed by atoms with Crippen LogP contribution in [0.4, 0.5) is 0 Å². The molecule has 0 bridgehead atoms. The topological polar surface area (TPSA) is 216 Å². The molecule has 0 fully saturated rings. The lowest BCUT2D eigenvalue weighted by atomic mass is 10.2. The van der Waals surface area contributed by atoms with Gasteiger partial charge >= 0.3 is 27.6 Å². The summed E-state index contributed by atoms with van der Waals surface area (Å²) >= 11 is 0. The molecule has 0 heterocycles. The molecule has 0 aliphatic rings. The van der Waals surface area contributed by atoms with E-state index in [0.717, 1.165) is 38.5 Å². The number of phosphoric ester groups is 2. The van der Waals surface area contributed by atoms with Crippen LogP contribution in [-0.4, -0.2) is 81.6 Å². The minimum absolute atomic E-state index is 0.0207. The number of allylic oxidation sites excluding steroid dienone is 14. The van der Waals surface area contributed by atoms with Gasteiger partial charge in [0.2, 0.25) is 0 Å². The van der Waals surface area contributed by atoms with Crippen LogP contribution >= 0.6 is 15.6 Å². The van der Waals surface area contributed by atoms with E-state index in [1.807, 2.05) is 30.4 Å². The van der Waals surface area contributed by atoms with Crippen molar-refractivity contribution in [3.05, 3.63) is 97.2 Å². The van der Waals surface area contributed by atoms with Gasteiger partial charge in [-0.2, -0.15) is 0 Å². The van der Waals surface area contributed by atoms with Gasteiger partial charge < -0.3 is 34.4 Å². The number of carbonyl (C=O) groups excluding carboxylic acids is 2. The maximum absolute atomic E-state index is 12.6. The van der Waals surface area contributed by atoms with Gasteiger partial charge in [0.1, 0.15) is 12.7 Å². The molecule has 5 N–H and O–H groups in total. The maximum Gasteiger partial charge on any atom is 0.472 e. The molecule has 354 valence electrons. The number of carbonyl (C=O) groups is 2. The molecule has 2 unspecified atom stereocenters. The van der Waals surface area contributed by atoms with Gasteiger partial charge in [-0.25, -0.2) is 9.13 Å². The molecule has 0 saturated heterocycles. The van der Waals surface area contributed by atoms with Crippen LogP contribution in [-0.2, 0) is 41.8 Å². The molecule has 0 aromatic carbocycles. The first-order chi connectivity index (χ1) is 29.8. The van der Waals surface area contributed by atoms with Gasteiger partial charge in [0, 0.05) is 12.8 Å². The average Bonchev–Trinajstić information content (AvgIpc) is 3.23. The monoisotopic (exact) mass is 914 g/mol. The second-order valence-electron chi connectivity index (χ2n) is 14.5. The molecular formula is C46H76O14P2. The molecule has 0 aromatic rings. The van der Waals surface area contributed by atoms with E-state index in [2.05, 4.69) is 71.5 Å². The number of unbranched alkanes of at least 4 members (excludes halogenated alkanes) is 8. The number of aliphatic hydroxyl groups excluding tert-OH is 2. The van der Waals surface area contributed by atoms with E-state index in [-0.39, 0.29) is 12.8 Å². The Morgan fingerprint density at radius 1 is 0.532 bits per heavy atom. The smallest absolute Gasteiger partial charge is 0.462 e. The Bertz CT molecular complexity index is 1480. The summed E-state index contributed by atoms with van der Waals surface area (Å²) in [6.07, 6.45) is 44.3. The summed E-state index contributed by atoms with van der Waals surface area (Å²) in [4.78, 5) is 52.7. The number of aliphatic hydroxyl groups is 2. The molecular weight excluding hydrogens is 838 g/mol. The number of hydrogen-bond donors (Lipinski definition) is 5. The SMILES string of the molecule is CCCCC/C=C\C/C=C\C/C=C\C/C=C\CCCC(=O)O[C@H](COC(=O)CCC/C=C/C=C\C(O)C/C=C\C/C=C\CCCCC)COP(=O)(O)OC[C@@H](O)COP(=O)(O)O. The van der Waals surface area contributed by atoms with Crippen LogP contribution < -0.4 is 0 Å². The van der Waals surface area contributed by atoms with E-state index in [1.165, 1.54) is 38.5 Å². The maximum atomic E-state index is 12.6. The van der Waals surface area contributed by atoms with E-state index in [4.69, 9.17) is 23.8 Å². The largest absolute Gasteiger partial charge is 0.472 e. The standard InChI is InChI=1S/C46H76O14P2/c1-3-5-7-9-11-13-14-15-16-17-18-19-20-22-24-28-33-37-46(50)60-44(41-59-62(54,55)58-39-43(48)38-57-61(51,52)53)40-56-45(49)36-32-29-25-27-31-35-42(47)34-30-26-23-21-12-10-8-6-4-2/h11-13,15-16,18-19,21-22,24-27,30-31,35,42-44,47-48H,3-10,14,17,20,23,28-29,32-34,36-41H2,1-2H3,(H,54,55)(H2,51,52,53)/b13-11-,16-15-,19-18-,21-12-,24-22-,27-25+,30-26-,35-31-/t42?,43-,44+/m0/s1. The first kappa shape index (κ1) is 59.0. The fourth-order valence-electron chi connectivity index (χ4n) is 5.12. The second-order valence-corrected chi connectivity index (χ2v) is 17.2. The normalized spacial score (nSPS) is 15.4. The van der Waals surface area contributed by atoms with Crippen LogP contribution in [0.1, 0.15) is 136 Å². The lowest BCUT2D eigenvalue weighted by Gasteiger charge is -2.20. The fourth-order valence-corrected chi connectivity index (χ4v) is 6.27. The first-order valence-corrected chi connectivity index (χ1v) is 25.1. The predicted octanol–water partition coefficient (Wildman–Crippen LogP) is 10.3. The minimum atomic E-state index is -4.89. The van der Waals surface area contributed by atoms with Crippen LogP contribution in [0.25, 0.3) is 0 Å². The number of rotatable bonds is 40. The lowest BCUT2D eigenvalue weighted by molar-refractivity contribution is -0.161. The third-order valence-corrected chi connectivity index (χ3v) is 9.95. The van der Waals surface area contributed by atoms with Gasteiger partial charge in [-0.1, -0.05) is 137 Å². The summed E-state index contributed by atoms with van der Waals surface area (Å²) < 4.78 is 47.6. The van der Waals surface area contributed by atoms with Crippen molar-refractivity contribution >= 4 is 27.6 Å². The van der Waals surface area contributed by atoms with Gasteiger partial charge in [-0.05, 0) is 83.5 Å². The summed E-state index contributed by atoms with van der Waals surface area (Å²) in [7, 11) is -9.75. The van der Waals surface area contributed by atoms with Crippen molar-refractivity contribution in [3.63, 3.8) is 0 Å². The van der Waals surface area contributed by atoms with Crippen molar-refractivity contribution in [1.82, 2.24) is 0 Å². The van der Waals surface area contributed by atoms with E-state index in [0.29, 0.717) is 32.1 Å². The predicted molar refractivity (Wildman–Crippen MR) is 245 cm³/mol. The van der Waals surface area contributed by atoms with Crippen molar-refractivity contribution in [1.29, 1.82) is 0 Å². The molecule has 14 nitrogen and oxygen atoms in total. The van der Waals surface area contributed by atoms with Crippen LogP contribution in [0.15, 0.2) is 97.2 Å². The Balaban J connectivity index is 4.80. The highest BCUT2D eigenvalue weighted by Crippen LogP contribution is 2.43. The first-order valence-electron chi connectivity index (χ1n) is 22.0. The molecule has 16 heteroatoms. The zero-order valence-electron chi connectivity index (χ0n) is 37.0. The Morgan fingerprint density at radius 3 is 1.55 bits per heavy atom. The summed E-state index contributed by atoms with van der Waals surface area (Å²) in [5, 5.41) is 19.9. The minimum Gasteiger partial charge on any atom is -0.462 e. The molecule has 4 atom stereocenters. The zero-order valence-corrected chi connectivity index (χ0v) is 38.8. The van der Waals surface area contributed by atoms with Crippen molar-refractivity contribution in [3.8, 4) is 0 Å². The molecule has 0 aromatic heterocycles. The third kappa shape index (κ3) is 43.6. The lowest BCUT2D eigenvalue weighted by Crippen LogP contribution is -2.29. The number of phosphoric acid groups is 2. The van der Waals surface area contributed by atoms with E-state index in [9.17, 15) is 33.8 Å². The molecule has 0 saturated carbocycles. The Labute approximate surface area is 371 Å². The quantitative estimate of drug-likeness (QED) is 0.0127. The van der Waals surface area contributed by atoms with Crippen LogP contribution in [0.5, 0.6) is 0 Å². The Kier molecular flexibility index (Phi) is 38.8. The highest BCUT2D eigenvalue weighted by Gasteiger charge is 2.28. The van der Waals surface area contributed by atoms with Crippen LogP contribution in [0.2, 0.25) is 0 Å². The van der Waals surface area contributed by atoms with Crippen LogP contribution in [0, 0.1) is 0 Å². The molecule has 0 aliphatic carbocycles. The highest BCUT2D eigenvalue weighted by atomic mass is 31.2. The summed E-state index contributed by atoms with van der Waals surface area (Å²) in [5.41, 5.74) is 0. The summed E-state index contributed by atoms with van der Waals surface area (Å²) in [5.74, 6) is -1.24. The van der Waals surface area contributed by atoms with E-state index >= 15 is 0 Å². The van der Waals surface area contributed by atoms with Crippen molar-refractivity contribution in [2.45, 2.75) is 154 Å². The molecule has 0 spiro atoms. The van der Waals surface area contributed by atoms with Crippen LogP contribution in [0.3, 0.4) is 0 Å². The van der Waals surface area contributed by atoms with E-state index in [1.54, 1.807) is 18.2 Å². The summed E-state index contributed by atoms with van der Waals surface area (Å²) in [6, 6.07) is 0. The van der Waals surface area contributed by atoms with E-state index < -0.39 is 72.3 Å². The third-order valence-electron chi connectivity index (χ3n) is 8.52. The van der Waals surface area contributed by atoms with Gasteiger partial charge in [-0.3, -0.25) is 23.2 Å². The fraction of sp³-hybridized carbons (Fsp3) is 0.609. The van der Waals surface area contributed by atoms with Gasteiger partial charge in [0.05, 0.1) is 25.9 Å². The zero-order chi connectivity index (χ0) is 46.0. The van der Waals surface area contributed by atoms with Crippen molar-refractivity contribution in [2.24, 2.45) is 0 Å². The molecule has 0 aliphatic heterocycles. The summed E-state index contributed by atoms with van der Waals surface area (Å²) in [6.45, 7) is 1.46. The molecule has 0 radical (unpaired) electrons.